The Morgan fingerprint density at radius 2 is 2.26 bits per heavy atom. The van der Waals surface area contributed by atoms with E-state index in [1.165, 1.54) is 11.3 Å². The summed E-state index contributed by atoms with van der Waals surface area (Å²) in [6.45, 7) is 4.45. The number of nitrogens with zero attached hydrogens (tertiary/aromatic N) is 1. The zero-order chi connectivity index (χ0) is 13.7. The van der Waals surface area contributed by atoms with Crippen LogP contribution >= 0.6 is 11.3 Å². The zero-order valence-electron chi connectivity index (χ0n) is 10.8. The van der Waals surface area contributed by atoms with E-state index in [0.717, 1.165) is 30.3 Å². The first-order chi connectivity index (χ1) is 9.08. The molecule has 3 N–H and O–H groups in total. The summed E-state index contributed by atoms with van der Waals surface area (Å²) in [4.78, 5) is 5.23. The van der Waals surface area contributed by atoms with Crippen molar-refractivity contribution >= 4 is 27.3 Å². The second-order valence-corrected chi connectivity index (χ2v) is 7.48. The van der Waals surface area contributed by atoms with Crippen LogP contribution in [0.25, 0.3) is 0 Å². The number of sulfonamides is 1. The molecular weight excluding hydrogens is 284 g/mol. The van der Waals surface area contributed by atoms with Crippen molar-refractivity contribution in [2.45, 2.75) is 17.6 Å². The lowest BCUT2D eigenvalue weighted by Crippen LogP contribution is -2.43. The van der Waals surface area contributed by atoms with Crippen LogP contribution < -0.4 is 15.4 Å². The minimum atomic E-state index is -3.37. The van der Waals surface area contributed by atoms with Crippen LogP contribution in [0.4, 0.5) is 0 Å². The summed E-state index contributed by atoms with van der Waals surface area (Å²) in [5.41, 5.74) is 0. The monoisotopic (exact) mass is 302 g/mol. The van der Waals surface area contributed by atoms with E-state index in [1.807, 2.05) is 6.92 Å². The summed E-state index contributed by atoms with van der Waals surface area (Å²) in [7, 11) is -3.37. The Bertz CT molecular complexity index is 551. The molecule has 0 fully saturated rings. The quantitative estimate of drug-likeness (QED) is 0.682. The fourth-order valence-corrected chi connectivity index (χ4v) is 4.00. The topological polar surface area (TPSA) is 82.6 Å². The van der Waals surface area contributed by atoms with Crippen LogP contribution in [0, 0.1) is 6.92 Å². The van der Waals surface area contributed by atoms with E-state index in [-0.39, 0.29) is 0 Å². The molecule has 6 nitrogen and oxygen atoms in total. The van der Waals surface area contributed by atoms with Crippen LogP contribution in [0.3, 0.4) is 0 Å². The summed E-state index contributed by atoms with van der Waals surface area (Å²) in [5, 5.41) is 6.18. The highest BCUT2D eigenvalue weighted by molar-refractivity contribution is 7.91. The van der Waals surface area contributed by atoms with Gasteiger partial charge in [-0.05, 0) is 25.5 Å². The van der Waals surface area contributed by atoms with E-state index in [9.17, 15) is 8.42 Å². The summed E-state index contributed by atoms with van der Waals surface area (Å²) in [5.74, 6) is 0.748. The van der Waals surface area contributed by atoms with Crippen LogP contribution in [-0.2, 0) is 10.0 Å². The van der Waals surface area contributed by atoms with E-state index in [0.29, 0.717) is 17.3 Å². The highest BCUT2D eigenvalue weighted by Crippen LogP contribution is 2.19. The summed E-state index contributed by atoms with van der Waals surface area (Å²) in [6.07, 6.45) is 1.04. The van der Waals surface area contributed by atoms with E-state index in [1.54, 1.807) is 12.1 Å². The smallest absolute Gasteiger partial charge is 0.250 e. The van der Waals surface area contributed by atoms with Crippen molar-refractivity contribution < 1.29 is 8.42 Å². The largest absolute Gasteiger partial charge is 0.356 e. The lowest BCUT2D eigenvalue weighted by atomic mass is 10.4. The van der Waals surface area contributed by atoms with E-state index in [2.05, 4.69) is 20.3 Å². The van der Waals surface area contributed by atoms with Gasteiger partial charge in [-0.2, -0.15) is 0 Å². The molecule has 1 aromatic rings. The Morgan fingerprint density at radius 3 is 2.89 bits per heavy atom. The molecule has 0 bridgehead atoms. The Hall–Kier alpha value is -1.12. The predicted molar refractivity (Wildman–Crippen MR) is 77.2 cm³/mol. The van der Waals surface area contributed by atoms with E-state index in [4.69, 9.17) is 0 Å². The van der Waals surface area contributed by atoms with E-state index >= 15 is 0 Å². The third-order valence-electron chi connectivity index (χ3n) is 2.59. The van der Waals surface area contributed by atoms with Gasteiger partial charge in [0.15, 0.2) is 5.96 Å². The number of nitrogens with one attached hydrogen (secondary N) is 3. The Balaban J connectivity index is 1.77. The fourth-order valence-electron chi connectivity index (χ4n) is 1.64. The molecule has 0 saturated heterocycles. The molecule has 0 saturated carbocycles. The normalized spacial score (nSPS) is 15.7. The molecule has 1 aromatic heterocycles. The van der Waals surface area contributed by atoms with Gasteiger partial charge in [-0.15, -0.1) is 11.3 Å². The average Bonchev–Trinajstić information content (AvgIpc) is 2.84. The summed E-state index contributed by atoms with van der Waals surface area (Å²) in [6, 6.07) is 3.43. The second kappa shape index (κ2) is 6.36. The molecule has 8 heteroatoms. The molecule has 0 aromatic carbocycles. The highest BCUT2D eigenvalue weighted by Gasteiger charge is 2.15. The molecular formula is C11H18N4O2S2. The van der Waals surface area contributed by atoms with E-state index < -0.39 is 10.0 Å². The number of aliphatic imine (C=N–C) groups is 1. The van der Waals surface area contributed by atoms with Crippen LogP contribution in [0.5, 0.6) is 0 Å². The third kappa shape index (κ3) is 4.19. The molecule has 106 valence electrons. The van der Waals surface area contributed by atoms with Gasteiger partial charge >= 0.3 is 0 Å². The summed E-state index contributed by atoms with van der Waals surface area (Å²) < 4.78 is 26.8. The molecule has 2 rings (SSSR count). The fraction of sp³-hybridized carbons (Fsp3) is 0.545. The van der Waals surface area contributed by atoms with Gasteiger partial charge in [-0.1, -0.05) is 0 Å². The second-order valence-electron chi connectivity index (χ2n) is 4.20. The Morgan fingerprint density at radius 1 is 1.42 bits per heavy atom. The van der Waals surface area contributed by atoms with Gasteiger partial charge in [0.2, 0.25) is 10.0 Å². The van der Waals surface area contributed by atoms with Crippen LogP contribution in [0.15, 0.2) is 21.3 Å². The van der Waals surface area contributed by atoms with Gasteiger partial charge < -0.3 is 10.6 Å². The molecule has 0 amide bonds. The molecule has 1 aliphatic heterocycles. The first kappa shape index (κ1) is 14.3. The van der Waals surface area contributed by atoms with Crippen molar-refractivity contribution in [2.75, 3.05) is 26.2 Å². The molecule has 0 spiro atoms. The lowest BCUT2D eigenvalue weighted by Gasteiger charge is -2.15. The molecule has 0 atom stereocenters. The maximum absolute atomic E-state index is 11.9. The van der Waals surface area contributed by atoms with Crippen molar-refractivity contribution in [3.05, 3.63) is 17.0 Å². The number of guanidine groups is 1. The molecule has 0 aliphatic carbocycles. The maximum Gasteiger partial charge on any atom is 0.250 e. The Kier molecular flexibility index (Phi) is 4.78. The average molecular weight is 302 g/mol. The van der Waals surface area contributed by atoms with Crippen molar-refractivity contribution in [1.29, 1.82) is 0 Å². The van der Waals surface area contributed by atoms with Crippen molar-refractivity contribution in [3.8, 4) is 0 Å². The molecule has 0 radical (unpaired) electrons. The maximum atomic E-state index is 11.9. The number of hydrogen-bond acceptors (Lipinski definition) is 6. The highest BCUT2D eigenvalue weighted by atomic mass is 32.2. The van der Waals surface area contributed by atoms with Gasteiger partial charge in [0.05, 0.1) is 0 Å². The number of thiophene rings is 1. The Labute approximate surface area is 117 Å². The van der Waals surface area contributed by atoms with Gasteiger partial charge in [0.25, 0.3) is 0 Å². The lowest BCUT2D eigenvalue weighted by molar-refractivity contribution is 0.582. The summed E-state index contributed by atoms with van der Waals surface area (Å²) >= 11 is 1.27. The van der Waals surface area contributed by atoms with Gasteiger partial charge in [0.1, 0.15) is 4.21 Å². The van der Waals surface area contributed by atoms with Gasteiger partial charge in [-0.25, -0.2) is 13.1 Å². The van der Waals surface area contributed by atoms with Crippen molar-refractivity contribution in [2.24, 2.45) is 4.99 Å². The van der Waals surface area contributed by atoms with Crippen LogP contribution in [0.1, 0.15) is 11.3 Å². The minimum absolute atomic E-state index is 0.333. The zero-order valence-corrected chi connectivity index (χ0v) is 12.4. The number of rotatable bonds is 5. The number of aryl methyl sites for hydroxylation is 1. The molecule has 2 heterocycles. The first-order valence-electron chi connectivity index (χ1n) is 6.16. The van der Waals surface area contributed by atoms with Crippen LogP contribution in [-0.4, -0.2) is 40.6 Å². The number of hydrogen-bond donors (Lipinski definition) is 3. The SMILES string of the molecule is Cc1ccc(S(=O)(=O)NCCNC2=NCCCN2)s1. The molecule has 19 heavy (non-hydrogen) atoms. The van der Waals surface area contributed by atoms with Gasteiger partial charge in [0, 0.05) is 31.1 Å². The molecule has 0 unspecified atom stereocenters. The first-order valence-corrected chi connectivity index (χ1v) is 8.46. The standard InChI is InChI=1S/C11H18N4O2S2/c1-9-3-4-10(18-9)19(16,17)15-8-7-14-11-12-5-2-6-13-11/h3-4,15H,2,5-8H2,1H3,(H2,12,13,14). The minimum Gasteiger partial charge on any atom is -0.356 e. The van der Waals surface area contributed by atoms with Crippen molar-refractivity contribution in [1.82, 2.24) is 15.4 Å². The molecule has 1 aliphatic rings. The third-order valence-corrected chi connectivity index (χ3v) is 5.54. The van der Waals surface area contributed by atoms with Gasteiger partial charge in [-0.3, -0.25) is 4.99 Å². The van der Waals surface area contributed by atoms with Crippen molar-refractivity contribution in [3.63, 3.8) is 0 Å². The van der Waals surface area contributed by atoms with Crippen LogP contribution in [0.2, 0.25) is 0 Å². The predicted octanol–water partition coefficient (Wildman–Crippen LogP) is 0.274.